The first-order valence-electron chi connectivity index (χ1n) is 2.20. The molecule has 0 aromatic carbocycles. The Balaban J connectivity index is 0.000000490. The minimum Gasteiger partial charge on any atom is -0.215 e. The molecule has 1 aliphatic rings. The summed E-state index contributed by atoms with van der Waals surface area (Å²) in [5, 5.41) is 0. The molecule has 8 heavy (non-hydrogen) atoms. The molecule has 0 unspecified atom stereocenters. The topological polar surface area (TPSA) is 37.4 Å². The van der Waals surface area contributed by atoms with Gasteiger partial charge in [0.15, 0.2) is 0 Å². The summed E-state index contributed by atoms with van der Waals surface area (Å²) >= 11 is 0. The van der Waals surface area contributed by atoms with Crippen LogP contribution in [-0.2, 0) is 10.9 Å². The SMILES string of the molecule is Cl.O=[SH](=O)N1CCC1. The molecular weight excluding hydrogens is 150 g/mol. The predicted molar refractivity (Wildman–Crippen MR) is 33.8 cm³/mol. The first-order chi connectivity index (χ1) is 3.30. The Hall–Kier alpha value is 0.200. The van der Waals surface area contributed by atoms with Crippen LogP contribution < -0.4 is 0 Å². The van der Waals surface area contributed by atoms with E-state index < -0.39 is 10.9 Å². The summed E-state index contributed by atoms with van der Waals surface area (Å²) in [7, 11) is -2.24. The smallest absolute Gasteiger partial charge is 0.203 e. The lowest BCUT2D eigenvalue weighted by Crippen LogP contribution is -2.35. The average molecular weight is 158 g/mol. The molecule has 50 valence electrons. The van der Waals surface area contributed by atoms with Crippen molar-refractivity contribution in [2.45, 2.75) is 6.42 Å². The van der Waals surface area contributed by atoms with Crippen LogP contribution in [0.4, 0.5) is 0 Å². The average Bonchev–Trinajstić information content (AvgIpc) is 1.23. The molecule has 0 aromatic heterocycles. The third kappa shape index (κ3) is 1.61. The van der Waals surface area contributed by atoms with Crippen LogP contribution in [0.3, 0.4) is 0 Å². The number of thiol groups is 1. The summed E-state index contributed by atoms with van der Waals surface area (Å²) in [5.41, 5.74) is 0. The minimum atomic E-state index is -2.24. The number of hydrogen-bond acceptors (Lipinski definition) is 2. The second-order valence-electron chi connectivity index (χ2n) is 1.55. The van der Waals surface area contributed by atoms with Crippen molar-refractivity contribution in [2.24, 2.45) is 0 Å². The first-order valence-corrected chi connectivity index (χ1v) is 3.33. The van der Waals surface area contributed by atoms with Gasteiger partial charge in [-0.15, -0.1) is 12.4 Å². The first kappa shape index (κ1) is 8.20. The van der Waals surface area contributed by atoms with Gasteiger partial charge in [0.1, 0.15) is 0 Å². The summed E-state index contributed by atoms with van der Waals surface area (Å²) in [4.78, 5) is 0. The molecule has 0 aromatic rings. The van der Waals surface area contributed by atoms with Crippen molar-refractivity contribution in [1.29, 1.82) is 0 Å². The van der Waals surface area contributed by atoms with Crippen LogP contribution in [0, 0.1) is 0 Å². The Kier molecular flexibility index (Phi) is 3.35. The van der Waals surface area contributed by atoms with Gasteiger partial charge in [-0.3, -0.25) is 0 Å². The molecular formula is C3H8ClNO2S. The van der Waals surface area contributed by atoms with E-state index in [2.05, 4.69) is 0 Å². The van der Waals surface area contributed by atoms with Crippen molar-refractivity contribution in [3.05, 3.63) is 0 Å². The summed E-state index contributed by atoms with van der Waals surface area (Å²) in [6.07, 6.45) is 1.03. The highest BCUT2D eigenvalue weighted by Crippen LogP contribution is 2.03. The molecule has 1 rings (SSSR count). The molecule has 0 saturated carbocycles. The number of rotatable bonds is 1. The molecule has 1 fully saturated rings. The van der Waals surface area contributed by atoms with Gasteiger partial charge in [-0.05, 0) is 6.42 Å². The van der Waals surface area contributed by atoms with Gasteiger partial charge in [-0.2, -0.15) is 0 Å². The largest absolute Gasteiger partial charge is 0.215 e. The van der Waals surface area contributed by atoms with Crippen molar-refractivity contribution < 1.29 is 8.42 Å². The van der Waals surface area contributed by atoms with Crippen LogP contribution >= 0.6 is 12.4 Å². The molecule has 5 heteroatoms. The monoisotopic (exact) mass is 157 g/mol. The zero-order valence-corrected chi connectivity index (χ0v) is 5.95. The molecule has 0 atom stereocenters. The quantitative estimate of drug-likeness (QED) is 0.528. The summed E-state index contributed by atoms with van der Waals surface area (Å²) in [6.45, 7) is 1.47. The van der Waals surface area contributed by atoms with Crippen LogP contribution in [0.5, 0.6) is 0 Å². The Bertz CT molecular complexity index is 123. The van der Waals surface area contributed by atoms with E-state index in [-0.39, 0.29) is 12.4 Å². The maximum atomic E-state index is 9.94. The number of hydrogen-bond donors (Lipinski definition) is 1. The van der Waals surface area contributed by atoms with E-state index in [4.69, 9.17) is 0 Å². The van der Waals surface area contributed by atoms with Gasteiger partial charge in [-0.25, -0.2) is 12.7 Å². The molecule has 3 nitrogen and oxygen atoms in total. The van der Waals surface area contributed by atoms with E-state index in [9.17, 15) is 8.42 Å². The third-order valence-corrected chi connectivity index (χ3v) is 1.93. The van der Waals surface area contributed by atoms with Crippen LogP contribution in [0.1, 0.15) is 6.42 Å². The number of halogens is 1. The van der Waals surface area contributed by atoms with Crippen molar-refractivity contribution in [2.75, 3.05) is 13.1 Å². The van der Waals surface area contributed by atoms with E-state index in [1.807, 2.05) is 0 Å². The number of nitrogens with zero attached hydrogens (tertiary/aromatic N) is 1. The van der Waals surface area contributed by atoms with Crippen LogP contribution in [0.15, 0.2) is 0 Å². The van der Waals surface area contributed by atoms with Gasteiger partial charge in [0.2, 0.25) is 10.9 Å². The molecule has 1 saturated heterocycles. The van der Waals surface area contributed by atoms with E-state index >= 15 is 0 Å². The third-order valence-electron chi connectivity index (χ3n) is 1.06. The minimum absolute atomic E-state index is 0. The molecule has 1 aliphatic heterocycles. The highest BCUT2D eigenvalue weighted by Gasteiger charge is 2.14. The van der Waals surface area contributed by atoms with Gasteiger partial charge >= 0.3 is 0 Å². The maximum Gasteiger partial charge on any atom is 0.203 e. The Morgan fingerprint density at radius 2 is 1.75 bits per heavy atom. The summed E-state index contributed by atoms with van der Waals surface area (Å²) < 4.78 is 21.3. The van der Waals surface area contributed by atoms with Crippen LogP contribution in [0.25, 0.3) is 0 Å². The second-order valence-corrected chi connectivity index (χ2v) is 2.59. The molecule has 0 aliphatic carbocycles. The highest BCUT2D eigenvalue weighted by molar-refractivity contribution is 7.69. The molecule has 1 heterocycles. The second kappa shape index (κ2) is 3.27. The Morgan fingerprint density at radius 1 is 1.25 bits per heavy atom. The normalized spacial score (nSPS) is 19.6. The van der Waals surface area contributed by atoms with Crippen molar-refractivity contribution in [3.8, 4) is 0 Å². The van der Waals surface area contributed by atoms with Crippen molar-refractivity contribution >= 4 is 23.3 Å². The molecule has 0 bridgehead atoms. The van der Waals surface area contributed by atoms with Crippen LogP contribution in [-0.4, -0.2) is 25.8 Å². The predicted octanol–water partition coefficient (Wildman–Crippen LogP) is -0.360. The van der Waals surface area contributed by atoms with Crippen LogP contribution in [0.2, 0.25) is 0 Å². The molecule has 0 spiro atoms. The fraction of sp³-hybridized carbons (Fsp3) is 1.00. The molecule has 0 amide bonds. The fourth-order valence-electron chi connectivity index (χ4n) is 0.463. The van der Waals surface area contributed by atoms with E-state index in [1.54, 1.807) is 0 Å². The lowest BCUT2D eigenvalue weighted by Gasteiger charge is -2.22. The Labute approximate surface area is 56.2 Å². The summed E-state index contributed by atoms with van der Waals surface area (Å²) in [6, 6.07) is 0. The van der Waals surface area contributed by atoms with E-state index in [1.165, 1.54) is 4.31 Å². The summed E-state index contributed by atoms with van der Waals surface area (Å²) in [5.74, 6) is 0. The maximum absolute atomic E-state index is 9.94. The van der Waals surface area contributed by atoms with Gasteiger partial charge in [-0.1, -0.05) is 0 Å². The van der Waals surface area contributed by atoms with E-state index in [0.717, 1.165) is 19.5 Å². The lowest BCUT2D eigenvalue weighted by atomic mass is 10.3. The van der Waals surface area contributed by atoms with Gasteiger partial charge < -0.3 is 0 Å². The zero-order chi connectivity index (χ0) is 5.28. The Morgan fingerprint density at radius 3 is 1.75 bits per heavy atom. The standard InChI is InChI=1S/C3H7NO2S.ClH/c5-7(6)4-2-1-3-4;/h7H,1-3H2;1H. The molecule has 0 N–H and O–H groups in total. The van der Waals surface area contributed by atoms with Crippen molar-refractivity contribution in [3.63, 3.8) is 0 Å². The van der Waals surface area contributed by atoms with Gasteiger partial charge in [0.05, 0.1) is 0 Å². The molecule has 0 radical (unpaired) electrons. The van der Waals surface area contributed by atoms with Gasteiger partial charge in [0, 0.05) is 13.1 Å². The van der Waals surface area contributed by atoms with Gasteiger partial charge in [0.25, 0.3) is 0 Å². The highest BCUT2D eigenvalue weighted by atomic mass is 35.5. The zero-order valence-electron chi connectivity index (χ0n) is 4.24. The van der Waals surface area contributed by atoms with Crippen molar-refractivity contribution in [1.82, 2.24) is 4.31 Å². The lowest BCUT2D eigenvalue weighted by molar-refractivity contribution is 0.319. The van der Waals surface area contributed by atoms with E-state index in [0.29, 0.717) is 0 Å². The fourth-order valence-corrected chi connectivity index (χ4v) is 1.07.